The molecule has 20 heavy (non-hydrogen) atoms. The summed E-state index contributed by atoms with van der Waals surface area (Å²) in [7, 11) is 1.62. The molecule has 2 nitrogen and oxygen atoms in total. The van der Waals surface area contributed by atoms with E-state index in [2.05, 4.69) is 34.1 Å². The fourth-order valence-corrected chi connectivity index (χ4v) is 3.27. The van der Waals surface area contributed by atoms with Gasteiger partial charge in [-0.25, -0.2) is 0 Å². The Balaban J connectivity index is 1.73. The molecule has 1 atom stereocenters. The smallest absolute Gasteiger partial charge is 0.163 e. The third-order valence-corrected chi connectivity index (χ3v) is 4.49. The minimum absolute atomic E-state index is 0.188. The van der Waals surface area contributed by atoms with Gasteiger partial charge in [0.1, 0.15) is 5.75 Å². The predicted octanol–water partition coefficient (Wildman–Crippen LogP) is 4.37. The first-order valence-electron chi connectivity index (χ1n) is 6.63. The molecule has 0 spiro atoms. The van der Waals surface area contributed by atoms with Crippen molar-refractivity contribution in [2.45, 2.75) is 18.8 Å². The number of benzene rings is 2. The van der Waals surface area contributed by atoms with E-state index >= 15 is 0 Å². The van der Waals surface area contributed by atoms with Gasteiger partial charge in [-0.05, 0) is 57.6 Å². The van der Waals surface area contributed by atoms with E-state index in [1.165, 1.54) is 11.1 Å². The largest absolute Gasteiger partial charge is 0.496 e. The zero-order chi connectivity index (χ0) is 14.1. The Labute approximate surface area is 126 Å². The molecule has 0 radical (unpaired) electrons. The normalized spacial score (nSPS) is 16.2. The quantitative estimate of drug-likeness (QED) is 0.778. The Hall–Kier alpha value is -1.61. The zero-order valence-electron chi connectivity index (χ0n) is 11.2. The number of Topliss-reactive ketones (excluding diaryl/α,β-unsaturated/α-hetero) is 1. The minimum Gasteiger partial charge on any atom is -0.496 e. The molecule has 1 aliphatic rings. The second-order valence-electron chi connectivity index (χ2n) is 5.08. The number of carbonyl (C=O) groups excluding carboxylic acids is 1. The van der Waals surface area contributed by atoms with Gasteiger partial charge in [0, 0.05) is 12.0 Å². The second-order valence-corrected chi connectivity index (χ2v) is 5.93. The SMILES string of the molecule is COc1ccc(C(=O)CC2Cc3ccccc32)cc1Br. The van der Waals surface area contributed by atoms with Crippen LogP contribution in [0.4, 0.5) is 0 Å². The topological polar surface area (TPSA) is 26.3 Å². The number of ether oxygens (including phenoxy) is 1. The number of hydrogen-bond donors (Lipinski definition) is 0. The minimum atomic E-state index is 0.188. The molecule has 102 valence electrons. The molecule has 0 bridgehead atoms. The molecule has 3 heteroatoms. The lowest BCUT2D eigenvalue weighted by Crippen LogP contribution is -2.20. The maximum absolute atomic E-state index is 12.3. The van der Waals surface area contributed by atoms with Gasteiger partial charge in [-0.2, -0.15) is 0 Å². The number of methoxy groups -OCH3 is 1. The Morgan fingerprint density at radius 3 is 2.80 bits per heavy atom. The molecule has 3 rings (SSSR count). The fourth-order valence-electron chi connectivity index (χ4n) is 2.73. The Bertz CT molecular complexity index is 664. The van der Waals surface area contributed by atoms with Crippen LogP contribution in [0.15, 0.2) is 46.9 Å². The number of rotatable bonds is 4. The van der Waals surface area contributed by atoms with Crippen LogP contribution < -0.4 is 4.74 Å². The van der Waals surface area contributed by atoms with Gasteiger partial charge in [-0.15, -0.1) is 0 Å². The molecule has 0 aliphatic heterocycles. The number of ketones is 1. The summed E-state index contributed by atoms with van der Waals surface area (Å²) in [5, 5.41) is 0. The molecule has 0 amide bonds. The van der Waals surface area contributed by atoms with Crippen molar-refractivity contribution in [1.82, 2.24) is 0 Å². The molecule has 0 aromatic heterocycles. The van der Waals surface area contributed by atoms with Crippen molar-refractivity contribution in [3.8, 4) is 5.75 Å². The number of fused-ring (bicyclic) bond motifs is 1. The molecular formula is C17H15BrO2. The van der Waals surface area contributed by atoms with Crippen LogP contribution in [0.1, 0.15) is 33.8 Å². The summed E-state index contributed by atoms with van der Waals surface area (Å²) in [6.07, 6.45) is 1.59. The van der Waals surface area contributed by atoms with E-state index in [4.69, 9.17) is 4.74 Å². The highest BCUT2D eigenvalue weighted by molar-refractivity contribution is 9.10. The van der Waals surface area contributed by atoms with E-state index in [0.717, 1.165) is 22.2 Å². The summed E-state index contributed by atoms with van der Waals surface area (Å²) in [6, 6.07) is 13.9. The van der Waals surface area contributed by atoms with Crippen molar-refractivity contribution >= 4 is 21.7 Å². The van der Waals surface area contributed by atoms with Gasteiger partial charge in [0.15, 0.2) is 5.78 Å². The van der Waals surface area contributed by atoms with Crippen molar-refractivity contribution < 1.29 is 9.53 Å². The van der Waals surface area contributed by atoms with Gasteiger partial charge in [0.05, 0.1) is 11.6 Å². The average molecular weight is 331 g/mol. The summed E-state index contributed by atoms with van der Waals surface area (Å²) >= 11 is 3.42. The molecule has 0 heterocycles. The Kier molecular flexibility index (Phi) is 3.62. The van der Waals surface area contributed by atoms with Crippen LogP contribution in [0.25, 0.3) is 0 Å². The van der Waals surface area contributed by atoms with Crippen LogP contribution in [0, 0.1) is 0 Å². The second kappa shape index (κ2) is 5.41. The van der Waals surface area contributed by atoms with Crippen molar-refractivity contribution in [2.24, 2.45) is 0 Å². The monoisotopic (exact) mass is 330 g/mol. The molecule has 2 aromatic carbocycles. The molecule has 0 fully saturated rings. The summed E-state index contributed by atoms with van der Waals surface area (Å²) in [4.78, 5) is 12.3. The third-order valence-electron chi connectivity index (χ3n) is 3.87. The number of halogens is 1. The van der Waals surface area contributed by atoms with Crippen molar-refractivity contribution in [2.75, 3.05) is 7.11 Å². The first-order valence-corrected chi connectivity index (χ1v) is 7.43. The van der Waals surface area contributed by atoms with Crippen LogP contribution in [-0.4, -0.2) is 12.9 Å². The average Bonchev–Trinajstić information content (AvgIpc) is 2.44. The highest BCUT2D eigenvalue weighted by atomic mass is 79.9. The summed E-state index contributed by atoms with van der Waals surface area (Å²) < 4.78 is 6.00. The molecule has 1 unspecified atom stereocenters. The molecule has 0 N–H and O–H groups in total. The number of carbonyl (C=O) groups is 1. The molecule has 1 aliphatic carbocycles. The summed E-state index contributed by atoms with van der Waals surface area (Å²) in [5.41, 5.74) is 3.44. The van der Waals surface area contributed by atoms with Crippen LogP contribution in [0.5, 0.6) is 5.75 Å². The van der Waals surface area contributed by atoms with Crippen molar-refractivity contribution in [3.63, 3.8) is 0 Å². The van der Waals surface area contributed by atoms with Crippen LogP contribution >= 0.6 is 15.9 Å². The van der Waals surface area contributed by atoms with Crippen molar-refractivity contribution in [1.29, 1.82) is 0 Å². The lowest BCUT2D eigenvalue weighted by molar-refractivity contribution is 0.0970. The maximum atomic E-state index is 12.3. The van der Waals surface area contributed by atoms with Gasteiger partial charge >= 0.3 is 0 Å². The van der Waals surface area contributed by atoms with Crippen molar-refractivity contribution in [3.05, 3.63) is 63.6 Å². The molecule has 2 aromatic rings. The lowest BCUT2D eigenvalue weighted by atomic mass is 9.74. The molecule has 0 saturated carbocycles. The fraction of sp³-hybridized carbons (Fsp3) is 0.235. The molecule has 0 saturated heterocycles. The van der Waals surface area contributed by atoms with E-state index in [1.54, 1.807) is 7.11 Å². The zero-order valence-corrected chi connectivity index (χ0v) is 12.8. The van der Waals surface area contributed by atoms with E-state index in [0.29, 0.717) is 12.3 Å². The summed E-state index contributed by atoms with van der Waals surface area (Å²) in [5.74, 6) is 1.31. The first kappa shape index (κ1) is 13.4. The van der Waals surface area contributed by atoms with E-state index in [-0.39, 0.29) is 5.78 Å². The van der Waals surface area contributed by atoms with E-state index in [1.807, 2.05) is 24.3 Å². The van der Waals surface area contributed by atoms with Gasteiger partial charge in [-0.1, -0.05) is 24.3 Å². The first-order chi connectivity index (χ1) is 9.69. The maximum Gasteiger partial charge on any atom is 0.163 e. The van der Waals surface area contributed by atoms with Crippen LogP contribution in [0.2, 0.25) is 0 Å². The van der Waals surface area contributed by atoms with Crippen LogP contribution in [0.3, 0.4) is 0 Å². The third kappa shape index (κ3) is 2.38. The highest BCUT2D eigenvalue weighted by Gasteiger charge is 2.27. The van der Waals surface area contributed by atoms with Gasteiger partial charge in [0.25, 0.3) is 0 Å². The van der Waals surface area contributed by atoms with E-state index < -0.39 is 0 Å². The highest BCUT2D eigenvalue weighted by Crippen LogP contribution is 2.38. The predicted molar refractivity (Wildman–Crippen MR) is 82.5 cm³/mol. The van der Waals surface area contributed by atoms with E-state index in [9.17, 15) is 4.79 Å². The van der Waals surface area contributed by atoms with Gasteiger partial charge in [0.2, 0.25) is 0 Å². The van der Waals surface area contributed by atoms with Crippen LogP contribution in [-0.2, 0) is 6.42 Å². The standard InChI is InChI=1S/C17H15BrO2/c1-20-17-7-6-12(9-15(17)18)16(19)10-13-8-11-4-2-3-5-14(11)13/h2-7,9,13H,8,10H2,1H3. The summed E-state index contributed by atoms with van der Waals surface area (Å²) in [6.45, 7) is 0. The lowest BCUT2D eigenvalue weighted by Gasteiger charge is -2.29. The van der Waals surface area contributed by atoms with Gasteiger partial charge < -0.3 is 4.74 Å². The Morgan fingerprint density at radius 1 is 1.30 bits per heavy atom. The molecular weight excluding hydrogens is 316 g/mol. The number of hydrogen-bond acceptors (Lipinski definition) is 2. The van der Waals surface area contributed by atoms with Gasteiger partial charge in [-0.3, -0.25) is 4.79 Å². The Morgan fingerprint density at radius 2 is 2.10 bits per heavy atom.